The predicted molar refractivity (Wildman–Crippen MR) is 84.9 cm³/mol. The van der Waals surface area contributed by atoms with Crippen LogP contribution in [-0.2, 0) is 6.42 Å². The van der Waals surface area contributed by atoms with E-state index < -0.39 is 0 Å². The fourth-order valence-corrected chi connectivity index (χ4v) is 2.16. The predicted octanol–water partition coefficient (Wildman–Crippen LogP) is 3.21. The fourth-order valence-electron chi connectivity index (χ4n) is 2.16. The first-order valence-corrected chi connectivity index (χ1v) is 7.30. The SMILES string of the molecule is NCCCCCNc1ccc(Cc2ccncc2)cc1. The number of hydrogen-bond acceptors (Lipinski definition) is 3. The van der Waals surface area contributed by atoms with Gasteiger partial charge in [0.05, 0.1) is 0 Å². The van der Waals surface area contributed by atoms with Gasteiger partial charge in [-0.1, -0.05) is 18.6 Å². The lowest BCUT2D eigenvalue weighted by Gasteiger charge is -2.07. The van der Waals surface area contributed by atoms with E-state index in [-0.39, 0.29) is 0 Å². The number of aromatic nitrogens is 1. The standard InChI is InChI=1S/C17H23N3/c18-10-2-1-3-11-20-17-6-4-15(5-7-17)14-16-8-12-19-13-9-16/h4-9,12-13,20H,1-3,10-11,14,18H2. The van der Waals surface area contributed by atoms with Crippen LogP contribution in [0, 0.1) is 0 Å². The van der Waals surface area contributed by atoms with Crippen LogP contribution in [0.4, 0.5) is 5.69 Å². The minimum atomic E-state index is 0.795. The molecule has 106 valence electrons. The minimum Gasteiger partial charge on any atom is -0.385 e. The van der Waals surface area contributed by atoms with E-state index in [1.54, 1.807) is 0 Å². The average Bonchev–Trinajstić information content (AvgIpc) is 2.50. The van der Waals surface area contributed by atoms with Crippen molar-refractivity contribution in [1.29, 1.82) is 0 Å². The summed E-state index contributed by atoms with van der Waals surface area (Å²) in [6.07, 6.45) is 8.13. The number of unbranched alkanes of at least 4 members (excludes halogenated alkanes) is 2. The molecule has 0 saturated heterocycles. The Labute approximate surface area is 121 Å². The second kappa shape index (κ2) is 8.33. The van der Waals surface area contributed by atoms with Crippen molar-refractivity contribution in [2.45, 2.75) is 25.7 Å². The number of pyridine rings is 1. The molecule has 0 fully saturated rings. The summed E-state index contributed by atoms with van der Waals surface area (Å²) in [4.78, 5) is 4.04. The quantitative estimate of drug-likeness (QED) is 0.723. The monoisotopic (exact) mass is 269 g/mol. The molecule has 20 heavy (non-hydrogen) atoms. The molecule has 0 radical (unpaired) electrons. The molecule has 0 aliphatic rings. The van der Waals surface area contributed by atoms with Crippen LogP contribution in [0.5, 0.6) is 0 Å². The molecule has 0 bridgehead atoms. The van der Waals surface area contributed by atoms with Crippen LogP contribution in [-0.4, -0.2) is 18.1 Å². The number of nitrogens with zero attached hydrogens (tertiary/aromatic N) is 1. The van der Waals surface area contributed by atoms with Crippen LogP contribution in [0.1, 0.15) is 30.4 Å². The Morgan fingerprint density at radius 2 is 1.55 bits per heavy atom. The normalized spacial score (nSPS) is 10.4. The van der Waals surface area contributed by atoms with E-state index in [0.29, 0.717) is 0 Å². The highest BCUT2D eigenvalue weighted by atomic mass is 14.9. The second-order valence-electron chi connectivity index (χ2n) is 5.01. The van der Waals surface area contributed by atoms with Gasteiger partial charge >= 0.3 is 0 Å². The van der Waals surface area contributed by atoms with Crippen molar-refractivity contribution in [1.82, 2.24) is 4.98 Å². The highest BCUT2D eigenvalue weighted by Gasteiger charge is 1.97. The number of hydrogen-bond donors (Lipinski definition) is 2. The highest BCUT2D eigenvalue weighted by Crippen LogP contribution is 2.13. The van der Waals surface area contributed by atoms with E-state index in [9.17, 15) is 0 Å². The summed E-state index contributed by atoms with van der Waals surface area (Å²) in [5, 5.41) is 3.44. The molecular weight excluding hydrogens is 246 g/mol. The molecule has 0 aliphatic heterocycles. The van der Waals surface area contributed by atoms with Gasteiger partial charge in [-0.05, 0) is 61.2 Å². The summed E-state index contributed by atoms with van der Waals surface area (Å²) in [7, 11) is 0. The van der Waals surface area contributed by atoms with Gasteiger partial charge in [0.1, 0.15) is 0 Å². The maximum Gasteiger partial charge on any atom is 0.0340 e. The zero-order valence-electron chi connectivity index (χ0n) is 11.9. The van der Waals surface area contributed by atoms with E-state index in [4.69, 9.17) is 5.73 Å². The Kier molecular flexibility index (Phi) is 6.06. The summed E-state index contributed by atoms with van der Waals surface area (Å²) in [5.41, 5.74) is 9.29. The molecule has 3 N–H and O–H groups in total. The maximum atomic E-state index is 5.48. The largest absolute Gasteiger partial charge is 0.385 e. The Bertz CT molecular complexity index is 479. The van der Waals surface area contributed by atoms with E-state index in [1.807, 2.05) is 12.4 Å². The summed E-state index contributed by atoms with van der Waals surface area (Å²) >= 11 is 0. The number of nitrogens with two attached hydrogens (primary N) is 1. The van der Waals surface area contributed by atoms with Crippen LogP contribution in [0.2, 0.25) is 0 Å². The average molecular weight is 269 g/mol. The van der Waals surface area contributed by atoms with Crippen molar-refractivity contribution < 1.29 is 0 Å². The van der Waals surface area contributed by atoms with Gasteiger partial charge in [-0.3, -0.25) is 4.98 Å². The number of nitrogens with one attached hydrogen (secondary N) is 1. The van der Waals surface area contributed by atoms with Crippen LogP contribution >= 0.6 is 0 Å². The summed E-state index contributed by atoms with van der Waals surface area (Å²) in [5.74, 6) is 0. The fraction of sp³-hybridized carbons (Fsp3) is 0.353. The molecule has 3 heteroatoms. The van der Waals surface area contributed by atoms with E-state index in [0.717, 1.165) is 25.9 Å². The Balaban J connectivity index is 1.78. The highest BCUT2D eigenvalue weighted by molar-refractivity contribution is 5.45. The lowest BCUT2D eigenvalue weighted by molar-refractivity contribution is 0.707. The van der Waals surface area contributed by atoms with Crippen molar-refractivity contribution in [3.05, 3.63) is 59.9 Å². The molecule has 0 spiro atoms. The smallest absolute Gasteiger partial charge is 0.0340 e. The van der Waals surface area contributed by atoms with Gasteiger partial charge < -0.3 is 11.1 Å². The Morgan fingerprint density at radius 3 is 2.25 bits per heavy atom. The summed E-state index contributed by atoms with van der Waals surface area (Å²) in [6, 6.07) is 12.8. The minimum absolute atomic E-state index is 0.795. The Hall–Kier alpha value is -1.87. The lowest BCUT2D eigenvalue weighted by atomic mass is 10.1. The molecule has 0 saturated carbocycles. The van der Waals surface area contributed by atoms with Crippen LogP contribution in [0.25, 0.3) is 0 Å². The molecule has 1 aromatic heterocycles. The van der Waals surface area contributed by atoms with Crippen LogP contribution < -0.4 is 11.1 Å². The zero-order valence-corrected chi connectivity index (χ0v) is 11.9. The van der Waals surface area contributed by atoms with Crippen LogP contribution in [0.3, 0.4) is 0 Å². The first kappa shape index (κ1) is 14.5. The van der Waals surface area contributed by atoms with Crippen molar-refractivity contribution in [2.75, 3.05) is 18.4 Å². The number of anilines is 1. The molecule has 2 aromatic rings. The van der Waals surface area contributed by atoms with Gasteiger partial charge in [-0.15, -0.1) is 0 Å². The molecule has 0 amide bonds. The number of rotatable bonds is 8. The third kappa shape index (κ3) is 5.02. The molecule has 3 nitrogen and oxygen atoms in total. The van der Waals surface area contributed by atoms with Gasteiger partial charge in [0.25, 0.3) is 0 Å². The van der Waals surface area contributed by atoms with Gasteiger partial charge in [-0.2, -0.15) is 0 Å². The van der Waals surface area contributed by atoms with E-state index in [2.05, 4.69) is 46.7 Å². The van der Waals surface area contributed by atoms with Gasteiger partial charge in [0.2, 0.25) is 0 Å². The maximum absolute atomic E-state index is 5.48. The third-order valence-electron chi connectivity index (χ3n) is 3.32. The summed E-state index contributed by atoms with van der Waals surface area (Å²) < 4.78 is 0. The first-order chi connectivity index (χ1) is 9.88. The first-order valence-electron chi connectivity index (χ1n) is 7.30. The third-order valence-corrected chi connectivity index (χ3v) is 3.32. The van der Waals surface area contributed by atoms with Crippen molar-refractivity contribution >= 4 is 5.69 Å². The summed E-state index contributed by atoms with van der Waals surface area (Å²) in [6.45, 7) is 1.81. The molecule has 2 rings (SSSR count). The second-order valence-corrected chi connectivity index (χ2v) is 5.01. The van der Waals surface area contributed by atoms with Gasteiger partial charge in [0, 0.05) is 24.6 Å². The molecule has 1 aromatic carbocycles. The number of benzene rings is 1. The molecule has 0 atom stereocenters. The zero-order chi connectivity index (χ0) is 14.0. The molecular formula is C17H23N3. The van der Waals surface area contributed by atoms with Crippen molar-refractivity contribution in [3.8, 4) is 0 Å². The Morgan fingerprint density at radius 1 is 0.850 bits per heavy atom. The topological polar surface area (TPSA) is 50.9 Å². The molecule has 1 heterocycles. The van der Waals surface area contributed by atoms with Gasteiger partial charge in [-0.25, -0.2) is 0 Å². The lowest BCUT2D eigenvalue weighted by Crippen LogP contribution is -2.03. The van der Waals surface area contributed by atoms with E-state index >= 15 is 0 Å². The molecule has 0 aliphatic carbocycles. The molecule has 0 unspecified atom stereocenters. The van der Waals surface area contributed by atoms with Crippen molar-refractivity contribution in [2.24, 2.45) is 5.73 Å². The van der Waals surface area contributed by atoms with Crippen LogP contribution in [0.15, 0.2) is 48.8 Å². The van der Waals surface area contributed by atoms with E-state index in [1.165, 1.54) is 29.7 Å². The van der Waals surface area contributed by atoms with Gasteiger partial charge in [0.15, 0.2) is 0 Å². The van der Waals surface area contributed by atoms with Crippen molar-refractivity contribution in [3.63, 3.8) is 0 Å².